The summed E-state index contributed by atoms with van der Waals surface area (Å²) < 4.78 is 7.46. The van der Waals surface area contributed by atoms with Gasteiger partial charge in [0.15, 0.2) is 0 Å². The van der Waals surface area contributed by atoms with Crippen molar-refractivity contribution in [3.63, 3.8) is 0 Å². The average Bonchev–Trinajstić information content (AvgIpc) is 3.35. The Hall–Kier alpha value is -3.03. The molecule has 3 aromatic heterocycles. The maximum atomic E-state index is 12.8. The zero-order valence-corrected chi connectivity index (χ0v) is 17.9. The van der Waals surface area contributed by atoms with Crippen molar-refractivity contribution in [2.75, 3.05) is 18.0 Å². The number of carbonyl (C=O) groups is 1. The minimum absolute atomic E-state index is 0.179. The van der Waals surface area contributed by atoms with Crippen LogP contribution in [0.5, 0.6) is 0 Å². The third-order valence-corrected chi connectivity index (χ3v) is 5.95. The normalized spacial score (nSPS) is 21.5. The van der Waals surface area contributed by atoms with Gasteiger partial charge in [-0.1, -0.05) is 0 Å². The van der Waals surface area contributed by atoms with E-state index < -0.39 is 5.60 Å². The molecule has 5 heterocycles. The van der Waals surface area contributed by atoms with Crippen LogP contribution in [0.2, 0.25) is 0 Å². The summed E-state index contributed by atoms with van der Waals surface area (Å²) in [6.07, 6.45) is 7.54. The second-order valence-electron chi connectivity index (χ2n) is 9.36. The number of ether oxygens (including phenoxy) is 1. The molecule has 2 fully saturated rings. The first-order valence-electron chi connectivity index (χ1n) is 10.5. The van der Waals surface area contributed by atoms with Gasteiger partial charge in [-0.05, 0) is 45.7 Å². The van der Waals surface area contributed by atoms with Gasteiger partial charge in [0.1, 0.15) is 11.2 Å². The van der Waals surface area contributed by atoms with Crippen LogP contribution in [-0.4, -0.2) is 61.5 Å². The van der Waals surface area contributed by atoms with E-state index in [-0.39, 0.29) is 18.2 Å². The first-order chi connectivity index (χ1) is 14.3. The number of aromatic nitrogens is 4. The summed E-state index contributed by atoms with van der Waals surface area (Å²) in [6.45, 7) is 7.37. The first-order valence-corrected chi connectivity index (χ1v) is 10.5. The second kappa shape index (κ2) is 6.75. The molecule has 3 aromatic rings. The van der Waals surface area contributed by atoms with Crippen LogP contribution in [0.25, 0.3) is 22.3 Å². The number of rotatable bonds is 2. The molecule has 30 heavy (non-hydrogen) atoms. The van der Waals surface area contributed by atoms with Gasteiger partial charge in [0.25, 0.3) is 0 Å². The molecule has 2 unspecified atom stereocenters. The standard InChI is InChI=1S/C22H28N6O2/c1-22(2,3)30-21(29)28-15-5-6-16(28)13-27(12-15)19-7-8-23-20-17(19)9-18(25-20)14-10-24-26(4)11-14/h7-11,15-16H,5-6,12-13H2,1-4H3,(H,23,25). The lowest BCUT2D eigenvalue weighted by atomic mass is 10.1. The molecule has 0 aliphatic carbocycles. The van der Waals surface area contributed by atoms with Crippen molar-refractivity contribution in [2.24, 2.45) is 7.05 Å². The third kappa shape index (κ3) is 3.30. The molecule has 0 spiro atoms. The smallest absolute Gasteiger partial charge is 0.410 e. The summed E-state index contributed by atoms with van der Waals surface area (Å²) in [5, 5.41) is 5.37. The highest BCUT2D eigenvalue weighted by Gasteiger charge is 2.44. The van der Waals surface area contributed by atoms with Crippen molar-refractivity contribution in [1.82, 2.24) is 24.6 Å². The molecule has 8 heteroatoms. The van der Waals surface area contributed by atoms with E-state index in [1.807, 2.05) is 51.3 Å². The number of aromatic amines is 1. The number of nitrogens with one attached hydrogen (secondary N) is 1. The van der Waals surface area contributed by atoms with Gasteiger partial charge < -0.3 is 14.6 Å². The predicted octanol–water partition coefficient (Wildman–Crippen LogP) is 3.55. The Morgan fingerprint density at radius 3 is 2.60 bits per heavy atom. The zero-order valence-electron chi connectivity index (χ0n) is 17.9. The number of H-pyrrole nitrogens is 1. The Balaban J connectivity index is 1.42. The van der Waals surface area contributed by atoms with E-state index >= 15 is 0 Å². The van der Waals surface area contributed by atoms with Crippen molar-refractivity contribution in [3.8, 4) is 11.3 Å². The lowest BCUT2D eigenvalue weighted by molar-refractivity contribution is 0.0123. The summed E-state index contributed by atoms with van der Waals surface area (Å²) in [5.41, 5.74) is 3.60. The van der Waals surface area contributed by atoms with Crippen LogP contribution in [0, 0.1) is 0 Å². The Morgan fingerprint density at radius 1 is 1.23 bits per heavy atom. The lowest BCUT2D eigenvalue weighted by Crippen LogP contribution is -2.56. The molecule has 158 valence electrons. The summed E-state index contributed by atoms with van der Waals surface area (Å²) in [5.74, 6) is 0. The van der Waals surface area contributed by atoms with Crippen molar-refractivity contribution in [3.05, 3.63) is 30.7 Å². The Labute approximate surface area is 175 Å². The maximum Gasteiger partial charge on any atom is 0.410 e. The van der Waals surface area contributed by atoms with Crippen molar-refractivity contribution in [1.29, 1.82) is 0 Å². The van der Waals surface area contributed by atoms with Gasteiger partial charge in [-0.15, -0.1) is 0 Å². The Morgan fingerprint density at radius 2 is 1.97 bits per heavy atom. The largest absolute Gasteiger partial charge is 0.444 e. The van der Waals surface area contributed by atoms with Crippen molar-refractivity contribution in [2.45, 2.75) is 51.3 Å². The SMILES string of the molecule is Cn1cc(-c2cc3c(N4CC5CCC(C4)N5C(=O)OC(C)(C)C)ccnc3[nH]2)cn1. The lowest BCUT2D eigenvalue weighted by Gasteiger charge is -2.42. The summed E-state index contributed by atoms with van der Waals surface area (Å²) in [6, 6.07) is 4.58. The fraction of sp³-hybridized carbons (Fsp3) is 0.500. The fourth-order valence-corrected chi connectivity index (χ4v) is 4.72. The van der Waals surface area contributed by atoms with E-state index in [4.69, 9.17) is 4.74 Å². The Kier molecular flexibility index (Phi) is 4.27. The molecule has 0 aromatic carbocycles. The minimum atomic E-state index is -0.473. The van der Waals surface area contributed by atoms with E-state index in [1.54, 1.807) is 4.68 Å². The van der Waals surface area contributed by atoms with Crippen LogP contribution >= 0.6 is 0 Å². The number of pyridine rings is 1. The predicted molar refractivity (Wildman–Crippen MR) is 115 cm³/mol. The molecule has 0 radical (unpaired) electrons. The van der Waals surface area contributed by atoms with Gasteiger partial charge in [-0.2, -0.15) is 5.10 Å². The van der Waals surface area contributed by atoms with Gasteiger partial charge >= 0.3 is 6.09 Å². The van der Waals surface area contributed by atoms with Gasteiger partial charge in [-0.3, -0.25) is 9.58 Å². The van der Waals surface area contributed by atoms with Crippen molar-refractivity contribution >= 4 is 22.8 Å². The highest BCUT2D eigenvalue weighted by molar-refractivity contribution is 5.94. The number of aryl methyl sites for hydroxylation is 1. The van der Waals surface area contributed by atoms with E-state index in [0.29, 0.717) is 0 Å². The molecule has 1 N–H and O–H groups in total. The highest BCUT2D eigenvalue weighted by atomic mass is 16.6. The fourth-order valence-electron chi connectivity index (χ4n) is 4.72. The molecular formula is C22H28N6O2. The monoisotopic (exact) mass is 408 g/mol. The molecule has 8 nitrogen and oxygen atoms in total. The maximum absolute atomic E-state index is 12.8. The number of nitrogens with zero attached hydrogens (tertiary/aromatic N) is 5. The number of anilines is 1. The average molecular weight is 409 g/mol. The molecule has 1 amide bonds. The van der Waals surface area contributed by atoms with Crippen LogP contribution in [-0.2, 0) is 11.8 Å². The molecule has 2 atom stereocenters. The van der Waals surface area contributed by atoms with E-state index in [0.717, 1.165) is 53.9 Å². The summed E-state index contributed by atoms with van der Waals surface area (Å²) >= 11 is 0. The molecular weight excluding hydrogens is 380 g/mol. The van der Waals surface area contributed by atoms with Gasteiger partial charge in [0.2, 0.25) is 0 Å². The number of fused-ring (bicyclic) bond motifs is 3. The molecule has 2 aliphatic rings. The van der Waals surface area contributed by atoms with Gasteiger partial charge in [0.05, 0.1) is 24.0 Å². The zero-order chi connectivity index (χ0) is 21.0. The summed E-state index contributed by atoms with van der Waals surface area (Å²) in [7, 11) is 1.91. The van der Waals surface area contributed by atoms with Crippen LogP contribution in [0.15, 0.2) is 30.7 Å². The quantitative estimate of drug-likeness (QED) is 0.701. The van der Waals surface area contributed by atoms with Crippen LogP contribution in [0.3, 0.4) is 0 Å². The van der Waals surface area contributed by atoms with Crippen LogP contribution < -0.4 is 4.90 Å². The molecule has 5 rings (SSSR count). The number of carbonyl (C=O) groups excluding carboxylic acids is 1. The summed E-state index contributed by atoms with van der Waals surface area (Å²) in [4.78, 5) is 25.1. The number of hydrogen-bond donors (Lipinski definition) is 1. The molecule has 0 saturated carbocycles. The molecule has 2 aliphatic heterocycles. The third-order valence-electron chi connectivity index (χ3n) is 5.95. The van der Waals surface area contributed by atoms with E-state index in [1.165, 1.54) is 0 Å². The second-order valence-corrected chi connectivity index (χ2v) is 9.36. The minimum Gasteiger partial charge on any atom is -0.444 e. The van der Waals surface area contributed by atoms with Gasteiger partial charge in [-0.25, -0.2) is 9.78 Å². The number of amides is 1. The van der Waals surface area contributed by atoms with Gasteiger partial charge in [0, 0.05) is 49.2 Å². The first kappa shape index (κ1) is 19.0. The van der Waals surface area contributed by atoms with E-state index in [9.17, 15) is 4.79 Å². The number of piperazine rings is 1. The van der Waals surface area contributed by atoms with Crippen LogP contribution in [0.4, 0.5) is 10.5 Å². The molecule has 2 saturated heterocycles. The van der Waals surface area contributed by atoms with E-state index in [2.05, 4.69) is 32.1 Å². The highest BCUT2D eigenvalue weighted by Crippen LogP contribution is 2.37. The van der Waals surface area contributed by atoms with Crippen molar-refractivity contribution < 1.29 is 9.53 Å². The topological polar surface area (TPSA) is 79.3 Å². The molecule has 2 bridgehead atoms. The van der Waals surface area contributed by atoms with Crippen LogP contribution in [0.1, 0.15) is 33.6 Å². The number of hydrogen-bond acceptors (Lipinski definition) is 5. The Bertz CT molecular complexity index is 1080.